The normalized spacial score (nSPS) is 17.6. The summed E-state index contributed by atoms with van der Waals surface area (Å²) in [5, 5.41) is 4.89. The van der Waals surface area contributed by atoms with E-state index in [0.29, 0.717) is 10.1 Å². The predicted octanol–water partition coefficient (Wildman–Crippen LogP) is 6.33. The molecule has 0 unspecified atom stereocenters. The number of rotatable bonds is 5. The number of thiocarbonyl (C=S) groups is 1. The van der Waals surface area contributed by atoms with E-state index in [4.69, 9.17) is 28.6 Å². The molecule has 3 heterocycles. The third-order valence-electron chi connectivity index (χ3n) is 6.31. The standard InChI is InChI=1S/C27H25ClN4OS/c1-17-15-21(18(2)31(17)24-13-5-4-11-22(24)28)26-25(23-12-6-7-14-29-23)30-27(34)32(26)19-9-8-10-20(16-19)33-3/h4-16,25-26H,1-3H3,(H,30,34)/t25-,26+/m0/s1. The highest BCUT2D eigenvalue weighted by molar-refractivity contribution is 7.80. The smallest absolute Gasteiger partial charge is 0.174 e. The molecule has 0 saturated carbocycles. The Morgan fingerprint density at radius 3 is 2.53 bits per heavy atom. The van der Waals surface area contributed by atoms with Crippen LogP contribution in [0.25, 0.3) is 5.69 Å². The molecule has 1 aliphatic rings. The minimum atomic E-state index is -0.125. The molecule has 5 rings (SSSR count). The zero-order valence-corrected chi connectivity index (χ0v) is 20.8. The number of para-hydroxylation sites is 1. The quantitative estimate of drug-likeness (QED) is 0.332. The van der Waals surface area contributed by atoms with Crippen LogP contribution in [-0.2, 0) is 0 Å². The monoisotopic (exact) mass is 488 g/mol. The number of anilines is 1. The first-order valence-electron chi connectivity index (χ1n) is 11.1. The largest absolute Gasteiger partial charge is 0.497 e. The number of benzene rings is 2. The van der Waals surface area contributed by atoms with Crippen LogP contribution in [0, 0.1) is 13.8 Å². The van der Waals surface area contributed by atoms with Crippen molar-refractivity contribution >= 4 is 34.6 Å². The lowest BCUT2D eigenvalue weighted by atomic mass is 9.96. The molecule has 1 fully saturated rings. The van der Waals surface area contributed by atoms with Crippen LogP contribution in [-0.4, -0.2) is 21.8 Å². The van der Waals surface area contributed by atoms with Crippen LogP contribution in [0.15, 0.2) is 79.0 Å². The molecule has 0 radical (unpaired) electrons. The van der Waals surface area contributed by atoms with Crippen LogP contribution >= 0.6 is 23.8 Å². The molecular formula is C27H25ClN4OS. The molecule has 2 aromatic heterocycles. The number of pyridine rings is 1. The number of aryl methyl sites for hydroxylation is 1. The maximum absolute atomic E-state index is 6.59. The molecule has 1 N–H and O–H groups in total. The molecule has 5 nitrogen and oxygen atoms in total. The van der Waals surface area contributed by atoms with Crippen molar-refractivity contribution in [2.45, 2.75) is 25.9 Å². The van der Waals surface area contributed by atoms with Gasteiger partial charge in [-0.25, -0.2) is 0 Å². The highest BCUT2D eigenvalue weighted by Crippen LogP contribution is 2.44. The molecule has 0 spiro atoms. The fourth-order valence-electron chi connectivity index (χ4n) is 4.80. The maximum atomic E-state index is 6.59. The van der Waals surface area contributed by atoms with Crippen molar-refractivity contribution in [3.05, 3.63) is 107 Å². The van der Waals surface area contributed by atoms with Crippen molar-refractivity contribution in [3.8, 4) is 11.4 Å². The lowest BCUT2D eigenvalue weighted by Gasteiger charge is -2.28. The summed E-state index contributed by atoms with van der Waals surface area (Å²) in [6, 6.07) is 23.8. The van der Waals surface area contributed by atoms with E-state index in [2.05, 4.69) is 45.7 Å². The lowest BCUT2D eigenvalue weighted by Crippen LogP contribution is -2.29. The molecule has 2 aromatic carbocycles. The van der Waals surface area contributed by atoms with Gasteiger partial charge in [-0.15, -0.1) is 0 Å². The Bertz CT molecular complexity index is 1350. The number of methoxy groups -OCH3 is 1. The van der Waals surface area contributed by atoms with E-state index in [1.54, 1.807) is 7.11 Å². The number of nitrogens with zero attached hydrogens (tertiary/aromatic N) is 3. The number of hydrogen-bond acceptors (Lipinski definition) is 3. The van der Waals surface area contributed by atoms with Gasteiger partial charge in [0.25, 0.3) is 0 Å². The van der Waals surface area contributed by atoms with E-state index in [1.165, 1.54) is 0 Å². The van der Waals surface area contributed by atoms with Gasteiger partial charge in [0.1, 0.15) is 5.75 Å². The van der Waals surface area contributed by atoms with E-state index < -0.39 is 0 Å². The van der Waals surface area contributed by atoms with Gasteiger partial charge in [-0.3, -0.25) is 4.98 Å². The van der Waals surface area contributed by atoms with E-state index in [9.17, 15) is 0 Å². The summed E-state index contributed by atoms with van der Waals surface area (Å²) in [6.45, 7) is 4.23. The van der Waals surface area contributed by atoms with Crippen LogP contribution in [0.4, 0.5) is 5.69 Å². The van der Waals surface area contributed by atoms with Gasteiger partial charge in [-0.1, -0.05) is 35.9 Å². The lowest BCUT2D eigenvalue weighted by molar-refractivity contribution is 0.415. The van der Waals surface area contributed by atoms with Crippen molar-refractivity contribution in [2.75, 3.05) is 12.0 Å². The Labute approximate surface area is 210 Å². The molecule has 1 saturated heterocycles. The Kier molecular flexibility index (Phi) is 6.02. The Morgan fingerprint density at radius 2 is 1.79 bits per heavy atom. The SMILES string of the molecule is COc1cccc(N2C(=S)N[C@@H](c3ccccn3)[C@H]2c2cc(C)n(-c3ccccc3Cl)c2C)c1. The zero-order chi connectivity index (χ0) is 23.8. The van der Waals surface area contributed by atoms with Gasteiger partial charge in [-0.2, -0.15) is 0 Å². The van der Waals surface area contributed by atoms with Gasteiger partial charge >= 0.3 is 0 Å². The van der Waals surface area contributed by atoms with Crippen LogP contribution < -0.4 is 15.0 Å². The molecule has 172 valence electrons. The summed E-state index contributed by atoms with van der Waals surface area (Å²) in [5.41, 5.74) is 6.22. The van der Waals surface area contributed by atoms with Gasteiger partial charge in [-0.05, 0) is 74.1 Å². The average molecular weight is 489 g/mol. The third-order valence-corrected chi connectivity index (χ3v) is 6.95. The fraction of sp³-hybridized carbons (Fsp3) is 0.185. The van der Waals surface area contributed by atoms with Crippen molar-refractivity contribution in [1.29, 1.82) is 0 Å². The van der Waals surface area contributed by atoms with Gasteiger partial charge in [0.2, 0.25) is 0 Å². The minimum Gasteiger partial charge on any atom is -0.497 e. The maximum Gasteiger partial charge on any atom is 0.174 e. The second kappa shape index (κ2) is 9.12. The summed E-state index contributed by atoms with van der Waals surface area (Å²) in [4.78, 5) is 6.83. The Hall–Kier alpha value is -3.35. The molecule has 4 aromatic rings. The van der Waals surface area contributed by atoms with Crippen molar-refractivity contribution in [3.63, 3.8) is 0 Å². The van der Waals surface area contributed by atoms with Crippen molar-refractivity contribution < 1.29 is 4.74 Å². The van der Waals surface area contributed by atoms with E-state index in [0.717, 1.165) is 39.8 Å². The Morgan fingerprint density at radius 1 is 1.00 bits per heavy atom. The summed E-state index contributed by atoms with van der Waals surface area (Å²) >= 11 is 12.5. The predicted molar refractivity (Wildman–Crippen MR) is 141 cm³/mol. The summed E-state index contributed by atoms with van der Waals surface area (Å²) in [6.07, 6.45) is 1.82. The molecular weight excluding hydrogens is 464 g/mol. The first-order chi connectivity index (χ1) is 16.5. The molecule has 0 aliphatic carbocycles. The number of hydrogen-bond donors (Lipinski definition) is 1. The van der Waals surface area contributed by atoms with Gasteiger partial charge in [0.15, 0.2) is 5.11 Å². The Balaban J connectivity index is 1.70. The first kappa shape index (κ1) is 22.4. The third kappa shape index (κ3) is 3.83. The van der Waals surface area contributed by atoms with E-state index in [-0.39, 0.29) is 12.1 Å². The number of ether oxygens (including phenoxy) is 1. The van der Waals surface area contributed by atoms with Gasteiger partial charge in [0.05, 0.1) is 35.6 Å². The van der Waals surface area contributed by atoms with Crippen LogP contribution in [0.1, 0.15) is 34.7 Å². The minimum absolute atomic E-state index is 0.114. The van der Waals surface area contributed by atoms with Crippen LogP contribution in [0.2, 0.25) is 5.02 Å². The fourth-order valence-corrected chi connectivity index (χ4v) is 5.37. The molecule has 1 aliphatic heterocycles. The highest BCUT2D eigenvalue weighted by atomic mass is 35.5. The summed E-state index contributed by atoms with van der Waals surface area (Å²) in [7, 11) is 1.67. The van der Waals surface area contributed by atoms with Crippen molar-refractivity contribution in [1.82, 2.24) is 14.9 Å². The first-order valence-corrected chi connectivity index (χ1v) is 11.9. The summed E-state index contributed by atoms with van der Waals surface area (Å²) < 4.78 is 7.71. The van der Waals surface area contributed by atoms with E-state index >= 15 is 0 Å². The van der Waals surface area contributed by atoms with Gasteiger partial charge < -0.3 is 19.5 Å². The number of nitrogens with one attached hydrogen (secondary N) is 1. The number of halogens is 1. The van der Waals surface area contributed by atoms with Crippen LogP contribution in [0.3, 0.4) is 0 Å². The highest BCUT2D eigenvalue weighted by Gasteiger charge is 2.42. The van der Waals surface area contributed by atoms with Crippen molar-refractivity contribution in [2.24, 2.45) is 0 Å². The molecule has 0 amide bonds. The van der Waals surface area contributed by atoms with E-state index in [1.807, 2.05) is 66.9 Å². The molecule has 7 heteroatoms. The molecule has 34 heavy (non-hydrogen) atoms. The van der Waals surface area contributed by atoms with Gasteiger partial charge in [0, 0.05) is 29.3 Å². The average Bonchev–Trinajstić information content (AvgIpc) is 3.35. The van der Waals surface area contributed by atoms with Crippen LogP contribution in [0.5, 0.6) is 5.75 Å². The second-order valence-corrected chi connectivity index (χ2v) is 9.11. The molecule has 0 bridgehead atoms. The topological polar surface area (TPSA) is 42.3 Å². The second-order valence-electron chi connectivity index (χ2n) is 8.31. The zero-order valence-electron chi connectivity index (χ0n) is 19.2. The number of aromatic nitrogens is 2. The summed E-state index contributed by atoms with van der Waals surface area (Å²) in [5.74, 6) is 0.780. The molecule has 2 atom stereocenters.